The van der Waals surface area contributed by atoms with Gasteiger partial charge in [-0.2, -0.15) is 23.7 Å². The molecule has 2 aromatic rings. The van der Waals surface area contributed by atoms with Crippen molar-refractivity contribution in [3.05, 3.63) is 52.7 Å². The van der Waals surface area contributed by atoms with Crippen LogP contribution in [0.4, 0.5) is 18.9 Å². The fourth-order valence-electron chi connectivity index (χ4n) is 2.21. The van der Waals surface area contributed by atoms with Crippen molar-refractivity contribution in [1.82, 2.24) is 4.98 Å². The number of aromatic nitrogens is 1. The number of pyridine rings is 1. The maximum absolute atomic E-state index is 13.2. The minimum Gasteiger partial charge on any atom is -0.324 e. The predicted molar refractivity (Wildman–Crippen MR) is 93.8 cm³/mol. The molecule has 0 saturated heterocycles. The lowest BCUT2D eigenvalue weighted by Gasteiger charge is -2.16. The minimum atomic E-state index is -4.70. The number of carbonyl (C=O) groups excluding carboxylic acids is 1. The van der Waals surface area contributed by atoms with Crippen molar-refractivity contribution in [2.75, 3.05) is 5.32 Å². The van der Waals surface area contributed by atoms with Crippen molar-refractivity contribution in [1.29, 1.82) is 10.5 Å². The number of nitriles is 2. The average Bonchev–Trinajstić information content (AvgIpc) is 2.60. The molecule has 0 aliphatic carbocycles. The first-order chi connectivity index (χ1) is 12.7. The van der Waals surface area contributed by atoms with Gasteiger partial charge in [-0.15, -0.1) is 0 Å². The molecule has 1 N–H and O–H groups in total. The van der Waals surface area contributed by atoms with Crippen molar-refractivity contribution >= 4 is 23.4 Å². The van der Waals surface area contributed by atoms with Crippen molar-refractivity contribution in [3.63, 3.8) is 0 Å². The number of amides is 1. The summed E-state index contributed by atoms with van der Waals surface area (Å²) in [4.78, 5) is 16.4. The van der Waals surface area contributed by atoms with Gasteiger partial charge in [0.2, 0.25) is 5.91 Å². The van der Waals surface area contributed by atoms with Gasteiger partial charge in [0.25, 0.3) is 0 Å². The number of nitrogens with zero attached hydrogens (tertiary/aromatic N) is 3. The lowest BCUT2D eigenvalue weighted by atomic mass is 10.1. The number of nitrogens with one attached hydrogen (secondary N) is 1. The Bertz CT molecular complexity index is 961. The maximum Gasteiger partial charge on any atom is 0.417 e. The van der Waals surface area contributed by atoms with Crippen LogP contribution in [0.2, 0.25) is 0 Å². The van der Waals surface area contributed by atoms with Gasteiger partial charge < -0.3 is 5.32 Å². The van der Waals surface area contributed by atoms with E-state index < -0.39 is 28.5 Å². The van der Waals surface area contributed by atoms with Crippen molar-refractivity contribution in [2.45, 2.75) is 30.3 Å². The van der Waals surface area contributed by atoms with Gasteiger partial charge in [0, 0.05) is 5.69 Å². The molecule has 1 unspecified atom stereocenters. The third-order valence-corrected chi connectivity index (χ3v) is 4.58. The molecular formula is C18H13F3N4OS. The van der Waals surface area contributed by atoms with Gasteiger partial charge >= 0.3 is 6.18 Å². The normalized spacial score (nSPS) is 12.0. The standard InChI is InChI=1S/C18H13F3N4OS/c1-10-7-14(18(19,20)21)13(9-23)17(24-10)27-11(2)16(26)25-15-6-4-3-5-12(15)8-22/h3-7,11H,1-2H3,(H,25,26). The molecule has 0 radical (unpaired) electrons. The molecule has 1 amide bonds. The zero-order valence-electron chi connectivity index (χ0n) is 14.3. The summed E-state index contributed by atoms with van der Waals surface area (Å²) in [5, 5.41) is 19.8. The van der Waals surface area contributed by atoms with Crippen LogP contribution in [0.15, 0.2) is 35.4 Å². The van der Waals surface area contributed by atoms with Gasteiger partial charge in [-0.05, 0) is 32.0 Å². The van der Waals surface area contributed by atoms with Crippen LogP contribution in [0.5, 0.6) is 0 Å². The number of carbonyl (C=O) groups is 1. The number of thioether (sulfide) groups is 1. The molecule has 0 bridgehead atoms. The highest BCUT2D eigenvalue weighted by Crippen LogP contribution is 2.37. The summed E-state index contributed by atoms with van der Waals surface area (Å²) in [6, 6.07) is 10.6. The molecule has 138 valence electrons. The first-order valence-electron chi connectivity index (χ1n) is 7.63. The Kier molecular flexibility index (Phi) is 6.09. The average molecular weight is 390 g/mol. The molecule has 27 heavy (non-hydrogen) atoms. The highest BCUT2D eigenvalue weighted by molar-refractivity contribution is 8.00. The van der Waals surface area contributed by atoms with Crippen molar-refractivity contribution in [3.8, 4) is 12.1 Å². The number of rotatable bonds is 4. The van der Waals surface area contributed by atoms with Crippen LogP contribution in [0.1, 0.15) is 29.3 Å². The SMILES string of the molecule is Cc1cc(C(F)(F)F)c(C#N)c(SC(C)C(=O)Nc2ccccc2C#N)n1. The number of hydrogen-bond donors (Lipinski definition) is 1. The van der Waals surface area contributed by atoms with Crippen LogP contribution in [-0.2, 0) is 11.0 Å². The largest absolute Gasteiger partial charge is 0.417 e. The second kappa shape index (κ2) is 8.11. The Morgan fingerprint density at radius 1 is 1.26 bits per heavy atom. The van der Waals surface area contributed by atoms with Crippen LogP contribution < -0.4 is 5.32 Å². The molecule has 1 aromatic carbocycles. The molecule has 1 atom stereocenters. The Hall–Kier alpha value is -3.04. The van der Waals surface area contributed by atoms with Gasteiger partial charge in [-0.3, -0.25) is 4.79 Å². The van der Waals surface area contributed by atoms with Gasteiger partial charge in [0.05, 0.1) is 27.6 Å². The van der Waals surface area contributed by atoms with E-state index in [1.807, 2.05) is 6.07 Å². The van der Waals surface area contributed by atoms with E-state index in [0.717, 1.165) is 17.8 Å². The fourth-order valence-corrected chi connectivity index (χ4v) is 3.18. The molecule has 9 heteroatoms. The topological polar surface area (TPSA) is 89.6 Å². The summed E-state index contributed by atoms with van der Waals surface area (Å²) < 4.78 is 39.5. The van der Waals surface area contributed by atoms with Crippen LogP contribution >= 0.6 is 11.8 Å². The van der Waals surface area contributed by atoms with Crippen LogP contribution in [0.3, 0.4) is 0 Å². The molecule has 5 nitrogen and oxygen atoms in total. The van der Waals surface area contributed by atoms with Gasteiger partial charge in [0.15, 0.2) is 0 Å². The second-order valence-electron chi connectivity index (χ2n) is 5.51. The van der Waals surface area contributed by atoms with Gasteiger partial charge in [-0.25, -0.2) is 4.98 Å². The molecule has 1 heterocycles. The predicted octanol–water partition coefficient (Wildman–Crippen LogP) is 4.27. The van der Waals surface area contributed by atoms with Crippen molar-refractivity contribution in [2.24, 2.45) is 0 Å². The van der Waals surface area contributed by atoms with Crippen LogP contribution in [0.25, 0.3) is 0 Å². The number of alkyl halides is 3. The summed E-state index contributed by atoms with van der Waals surface area (Å²) in [5.41, 5.74) is -1.05. The Morgan fingerprint density at radius 3 is 2.52 bits per heavy atom. The molecule has 0 aliphatic heterocycles. The Morgan fingerprint density at radius 2 is 1.93 bits per heavy atom. The van der Waals surface area contributed by atoms with Gasteiger partial charge in [0.1, 0.15) is 17.2 Å². The Balaban J connectivity index is 2.29. The number of hydrogen-bond acceptors (Lipinski definition) is 5. The third kappa shape index (κ3) is 4.78. The second-order valence-corrected chi connectivity index (χ2v) is 6.84. The lowest BCUT2D eigenvalue weighted by molar-refractivity contribution is -0.138. The van der Waals surface area contributed by atoms with E-state index in [1.165, 1.54) is 26.0 Å². The van der Waals surface area contributed by atoms with E-state index in [4.69, 9.17) is 10.5 Å². The number of aryl methyl sites for hydroxylation is 1. The summed E-state index contributed by atoms with van der Waals surface area (Å²) in [5.74, 6) is -0.525. The number of halogens is 3. The van der Waals surface area contributed by atoms with E-state index in [1.54, 1.807) is 18.2 Å². The highest BCUT2D eigenvalue weighted by Gasteiger charge is 2.36. The van der Waals surface area contributed by atoms with Crippen LogP contribution in [0, 0.1) is 29.6 Å². The van der Waals surface area contributed by atoms with E-state index in [0.29, 0.717) is 5.69 Å². The zero-order chi connectivity index (χ0) is 20.2. The van der Waals surface area contributed by atoms with Crippen LogP contribution in [-0.4, -0.2) is 16.1 Å². The maximum atomic E-state index is 13.2. The van der Waals surface area contributed by atoms with E-state index >= 15 is 0 Å². The highest BCUT2D eigenvalue weighted by atomic mass is 32.2. The number of benzene rings is 1. The molecule has 1 aromatic heterocycles. The quantitative estimate of drug-likeness (QED) is 0.788. The summed E-state index contributed by atoms with van der Waals surface area (Å²) >= 11 is 0.751. The monoisotopic (exact) mass is 390 g/mol. The summed E-state index contributed by atoms with van der Waals surface area (Å²) in [6.07, 6.45) is -4.70. The third-order valence-electron chi connectivity index (χ3n) is 3.49. The first-order valence-corrected chi connectivity index (χ1v) is 8.51. The van der Waals surface area contributed by atoms with E-state index in [9.17, 15) is 18.0 Å². The first kappa shape index (κ1) is 20.3. The van der Waals surface area contributed by atoms with E-state index in [2.05, 4.69) is 10.3 Å². The Labute approximate surface area is 157 Å². The molecular weight excluding hydrogens is 377 g/mol. The van der Waals surface area contributed by atoms with Crippen molar-refractivity contribution < 1.29 is 18.0 Å². The molecule has 2 rings (SSSR count). The summed E-state index contributed by atoms with van der Waals surface area (Å²) in [6.45, 7) is 2.86. The minimum absolute atomic E-state index is 0.0891. The smallest absolute Gasteiger partial charge is 0.324 e. The summed E-state index contributed by atoms with van der Waals surface area (Å²) in [7, 11) is 0. The fraction of sp³-hybridized carbons (Fsp3) is 0.222. The van der Waals surface area contributed by atoms with Gasteiger partial charge in [-0.1, -0.05) is 23.9 Å². The number of anilines is 1. The molecule has 0 fully saturated rings. The zero-order valence-corrected chi connectivity index (χ0v) is 15.1. The number of para-hydroxylation sites is 1. The molecule has 0 spiro atoms. The lowest BCUT2D eigenvalue weighted by Crippen LogP contribution is -2.23. The molecule has 0 saturated carbocycles. The van der Waals surface area contributed by atoms with E-state index in [-0.39, 0.29) is 16.3 Å². The molecule has 0 aliphatic rings.